The van der Waals surface area contributed by atoms with Crippen LogP contribution < -0.4 is 4.89 Å². The van der Waals surface area contributed by atoms with E-state index in [-0.39, 0.29) is 6.73 Å². The summed E-state index contributed by atoms with van der Waals surface area (Å²) in [5.74, 6) is 0. The Morgan fingerprint density at radius 2 is 1.92 bits per heavy atom. The fourth-order valence-electron chi connectivity index (χ4n) is 2.41. The molecule has 1 N–H and O–H groups in total. The van der Waals surface area contributed by atoms with Crippen molar-refractivity contribution in [1.29, 1.82) is 0 Å². The highest BCUT2D eigenvalue weighted by Crippen LogP contribution is 2.43. The van der Waals surface area contributed by atoms with Crippen LogP contribution in [0.2, 0.25) is 0 Å². The van der Waals surface area contributed by atoms with Crippen LogP contribution in [0, 0.1) is 0 Å². The van der Waals surface area contributed by atoms with Gasteiger partial charge in [0.05, 0.1) is 26.2 Å². The van der Waals surface area contributed by atoms with Crippen molar-refractivity contribution in [3.63, 3.8) is 0 Å². The Labute approximate surface area is 143 Å². The topological polar surface area (TPSA) is 74.4 Å². The van der Waals surface area contributed by atoms with Crippen molar-refractivity contribution < 1.29 is 23.0 Å². The highest BCUT2D eigenvalue weighted by molar-refractivity contribution is 7.45. The van der Waals surface area contributed by atoms with Crippen molar-refractivity contribution >= 4 is 18.7 Å². The van der Waals surface area contributed by atoms with E-state index in [1.807, 2.05) is 38.5 Å². The van der Waals surface area contributed by atoms with E-state index in [4.69, 9.17) is 9.05 Å². The molecule has 0 aliphatic carbocycles. The van der Waals surface area contributed by atoms with Crippen LogP contribution in [0.25, 0.3) is 10.9 Å². The van der Waals surface area contributed by atoms with Crippen molar-refractivity contribution in [2.24, 2.45) is 0 Å². The van der Waals surface area contributed by atoms with E-state index < -0.39 is 13.4 Å². The molecule has 1 aromatic carbocycles. The summed E-state index contributed by atoms with van der Waals surface area (Å²) < 4.78 is 22.3. The first-order valence-electron chi connectivity index (χ1n) is 8.01. The maximum atomic E-state index is 11.9. The molecule has 0 aliphatic heterocycles. The fourth-order valence-corrected chi connectivity index (χ4v) is 3.59. The third kappa shape index (κ3) is 5.72. The van der Waals surface area contributed by atoms with Crippen molar-refractivity contribution in [2.75, 3.05) is 27.4 Å². The second-order valence-corrected chi connectivity index (χ2v) is 9.01. The smallest absolute Gasteiger partial charge is 0.272 e. The summed E-state index contributed by atoms with van der Waals surface area (Å²) in [6.45, 7) is 5.82. The lowest BCUT2D eigenvalue weighted by Gasteiger charge is -2.35. The molecule has 1 unspecified atom stereocenters. The van der Waals surface area contributed by atoms with Crippen LogP contribution in [-0.2, 0) is 20.0 Å². The maximum absolute atomic E-state index is 11.9. The van der Waals surface area contributed by atoms with Gasteiger partial charge in [-0.05, 0) is 32.4 Å². The van der Waals surface area contributed by atoms with Crippen LogP contribution >= 0.6 is 7.82 Å². The van der Waals surface area contributed by atoms with Gasteiger partial charge in [0.15, 0.2) is 6.73 Å². The summed E-state index contributed by atoms with van der Waals surface area (Å²) in [5, 5.41) is 1.20. The third-order valence-corrected chi connectivity index (χ3v) is 4.82. The maximum Gasteiger partial charge on any atom is 0.272 e. The molecule has 1 atom stereocenters. The average molecular weight is 354 g/mol. The van der Waals surface area contributed by atoms with Crippen LogP contribution in [0.5, 0.6) is 0 Å². The van der Waals surface area contributed by atoms with E-state index in [1.54, 1.807) is 20.8 Å². The molecule has 0 saturated heterocycles. The molecule has 0 fully saturated rings. The Kier molecular flexibility index (Phi) is 5.57. The number of nitrogens with zero attached hydrogens (tertiary/aromatic N) is 1. The van der Waals surface area contributed by atoms with Crippen LogP contribution in [0.3, 0.4) is 0 Å². The number of likely N-dealkylation sites (N-methyl/N-ethyl adjacent to an activating group) is 1. The van der Waals surface area contributed by atoms with Crippen LogP contribution in [0.1, 0.15) is 26.3 Å². The van der Waals surface area contributed by atoms with E-state index >= 15 is 0 Å². The lowest BCUT2D eigenvalue weighted by molar-refractivity contribution is -0.906. The summed E-state index contributed by atoms with van der Waals surface area (Å²) >= 11 is 0. The van der Waals surface area contributed by atoms with Crippen LogP contribution in [-0.4, -0.2) is 42.4 Å². The molecule has 0 radical (unpaired) electrons. The zero-order valence-corrected chi connectivity index (χ0v) is 15.9. The molecule has 134 valence electrons. The minimum absolute atomic E-state index is 0.0409. The lowest BCUT2D eigenvalue weighted by atomic mass is 10.1. The SMILES string of the molecule is CC(C)(C)OP(=O)([O-])OC[N+](C)(C)CCc1c[nH]c2ccccc12. The molecule has 1 aromatic heterocycles. The first-order valence-corrected chi connectivity index (χ1v) is 9.47. The molecule has 0 spiro atoms. The average Bonchev–Trinajstić information content (AvgIpc) is 2.84. The van der Waals surface area contributed by atoms with E-state index in [1.165, 1.54) is 10.9 Å². The molecule has 0 saturated carbocycles. The van der Waals surface area contributed by atoms with Gasteiger partial charge in [-0.2, -0.15) is 0 Å². The molecule has 6 nitrogen and oxygen atoms in total. The number of benzene rings is 1. The van der Waals surface area contributed by atoms with E-state index in [9.17, 15) is 9.46 Å². The zero-order chi connectivity index (χ0) is 18.0. The van der Waals surface area contributed by atoms with Gasteiger partial charge >= 0.3 is 0 Å². The second kappa shape index (κ2) is 6.98. The van der Waals surface area contributed by atoms with Gasteiger partial charge < -0.3 is 18.9 Å². The predicted octanol–water partition coefficient (Wildman–Crippen LogP) is 3.04. The molecular weight excluding hydrogens is 327 g/mol. The third-order valence-electron chi connectivity index (χ3n) is 3.61. The predicted molar refractivity (Wildman–Crippen MR) is 93.4 cm³/mol. The Bertz CT molecular complexity index is 734. The van der Waals surface area contributed by atoms with Gasteiger partial charge in [0, 0.05) is 23.5 Å². The number of fused-ring (bicyclic) bond motifs is 1. The lowest BCUT2D eigenvalue weighted by Crippen LogP contribution is -2.43. The molecule has 0 bridgehead atoms. The van der Waals surface area contributed by atoms with Gasteiger partial charge in [-0.3, -0.25) is 9.09 Å². The van der Waals surface area contributed by atoms with E-state index in [0.717, 1.165) is 18.5 Å². The summed E-state index contributed by atoms with van der Waals surface area (Å²) in [4.78, 5) is 15.1. The molecular formula is C17H27N2O4P. The molecule has 2 aromatic rings. The number of H-pyrrole nitrogens is 1. The van der Waals surface area contributed by atoms with Crippen molar-refractivity contribution in [3.05, 3.63) is 36.0 Å². The number of rotatable bonds is 7. The second-order valence-electron chi connectivity index (χ2n) is 7.68. The number of quaternary nitrogens is 1. The molecule has 7 heteroatoms. The number of aromatic amines is 1. The van der Waals surface area contributed by atoms with Crippen molar-refractivity contribution in [3.8, 4) is 0 Å². The minimum Gasteiger partial charge on any atom is -0.756 e. The van der Waals surface area contributed by atoms with Gasteiger partial charge in [-0.15, -0.1) is 0 Å². The molecule has 1 heterocycles. The Morgan fingerprint density at radius 1 is 1.25 bits per heavy atom. The number of aromatic nitrogens is 1. The monoisotopic (exact) mass is 354 g/mol. The molecule has 0 aliphatic rings. The number of para-hydroxylation sites is 1. The number of phosphoric ester groups is 1. The van der Waals surface area contributed by atoms with Gasteiger partial charge in [0.2, 0.25) is 0 Å². The normalized spacial score (nSPS) is 15.6. The van der Waals surface area contributed by atoms with Crippen LogP contribution in [0.15, 0.2) is 30.5 Å². The number of hydrogen-bond acceptors (Lipinski definition) is 4. The van der Waals surface area contributed by atoms with Crippen molar-refractivity contribution in [2.45, 2.75) is 32.8 Å². The quantitative estimate of drug-likeness (QED) is 0.471. The standard InChI is InChI=1S/C17H27N2O4P/c1-17(2,3)23-24(20,21)22-13-19(4,5)11-10-14-12-18-16-9-7-6-8-15(14)16/h6-9,12,18H,10-11,13H2,1-5H3. The van der Waals surface area contributed by atoms with Gasteiger partial charge in [-0.1, -0.05) is 18.2 Å². The summed E-state index contributed by atoms with van der Waals surface area (Å²) in [7, 11) is -0.432. The number of phosphoric acid groups is 1. The first kappa shape index (κ1) is 19.2. The minimum atomic E-state index is -4.31. The first-order chi connectivity index (χ1) is 11.0. The van der Waals surface area contributed by atoms with Gasteiger partial charge in [0.25, 0.3) is 7.82 Å². The number of hydrogen-bond donors (Lipinski definition) is 1. The highest BCUT2D eigenvalue weighted by Gasteiger charge is 2.24. The molecule has 24 heavy (non-hydrogen) atoms. The van der Waals surface area contributed by atoms with E-state index in [0.29, 0.717) is 4.48 Å². The number of nitrogens with one attached hydrogen (secondary N) is 1. The Morgan fingerprint density at radius 3 is 2.58 bits per heavy atom. The van der Waals surface area contributed by atoms with Crippen LogP contribution in [0.4, 0.5) is 0 Å². The zero-order valence-electron chi connectivity index (χ0n) is 15.0. The molecule has 2 rings (SSSR count). The Hall–Kier alpha value is -1.17. The summed E-state index contributed by atoms with van der Waals surface area (Å²) in [5.41, 5.74) is 1.53. The summed E-state index contributed by atoms with van der Waals surface area (Å²) in [6.07, 6.45) is 2.83. The molecule has 0 amide bonds. The summed E-state index contributed by atoms with van der Waals surface area (Å²) in [6, 6.07) is 8.14. The van der Waals surface area contributed by atoms with Crippen molar-refractivity contribution in [1.82, 2.24) is 4.98 Å². The Balaban J connectivity index is 1.93. The van der Waals surface area contributed by atoms with Gasteiger partial charge in [-0.25, -0.2) is 0 Å². The largest absolute Gasteiger partial charge is 0.756 e. The fraction of sp³-hybridized carbons (Fsp3) is 0.529. The van der Waals surface area contributed by atoms with E-state index in [2.05, 4.69) is 11.1 Å². The van der Waals surface area contributed by atoms with Gasteiger partial charge in [0.1, 0.15) is 0 Å². The highest BCUT2D eigenvalue weighted by atomic mass is 31.2.